The second-order valence-electron chi connectivity index (χ2n) is 11.3. The van der Waals surface area contributed by atoms with E-state index in [0.717, 1.165) is 31.5 Å². The van der Waals surface area contributed by atoms with Gasteiger partial charge in [0.1, 0.15) is 17.2 Å². The number of carbonyl (C=O) groups is 3. The first-order valence-corrected chi connectivity index (χ1v) is 14.9. The van der Waals surface area contributed by atoms with Crippen LogP contribution in [0.25, 0.3) is 0 Å². The molecule has 2 fully saturated rings. The second-order valence-corrected chi connectivity index (χ2v) is 11.3. The molecule has 5 rings (SSSR count). The maximum Gasteiger partial charge on any atom is 0.573 e. The molecule has 238 valence electrons. The molecule has 0 unspecified atom stereocenters. The van der Waals surface area contributed by atoms with E-state index in [-0.39, 0.29) is 41.0 Å². The number of benzene rings is 2. The minimum Gasteiger partial charge on any atom is -0.497 e. The standard InChI is InChI=1S/C33H35F3N4O5/c1-44-27-9-4-23(5-10-27)30(41)24-12-18-40(19-13-24)32(43)29-11-6-25(20-37-29)31(42)38-26-14-16-39(17-15-26)21-22-2-7-28(8-3-22)45-33(34,35)36/h2-11,20,24,26H,12-19,21H2,1H3,(H,38,42). The molecule has 0 spiro atoms. The van der Waals surface area contributed by atoms with E-state index < -0.39 is 6.36 Å². The molecule has 3 heterocycles. The molecule has 2 aliphatic rings. The zero-order valence-corrected chi connectivity index (χ0v) is 24.9. The summed E-state index contributed by atoms with van der Waals surface area (Å²) >= 11 is 0. The highest BCUT2D eigenvalue weighted by molar-refractivity contribution is 5.99. The summed E-state index contributed by atoms with van der Waals surface area (Å²) in [5.74, 6) is -0.141. The highest BCUT2D eigenvalue weighted by Gasteiger charge is 2.31. The Labute approximate surface area is 259 Å². The van der Waals surface area contributed by atoms with Gasteiger partial charge in [-0.25, -0.2) is 0 Å². The lowest BCUT2D eigenvalue weighted by molar-refractivity contribution is -0.274. The van der Waals surface area contributed by atoms with Crippen LogP contribution < -0.4 is 14.8 Å². The van der Waals surface area contributed by atoms with E-state index in [9.17, 15) is 27.6 Å². The number of nitrogens with zero attached hydrogens (tertiary/aromatic N) is 3. The molecular weight excluding hydrogens is 589 g/mol. The van der Waals surface area contributed by atoms with Crippen molar-refractivity contribution in [2.45, 2.75) is 44.6 Å². The molecule has 0 bridgehead atoms. The number of rotatable bonds is 9. The van der Waals surface area contributed by atoms with Crippen LogP contribution in [0.4, 0.5) is 13.2 Å². The zero-order valence-electron chi connectivity index (χ0n) is 24.9. The maximum atomic E-state index is 13.1. The summed E-state index contributed by atoms with van der Waals surface area (Å²) in [5.41, 5.74) is 2.12. The third-order valence-electron chi connectivity index (χ3n) is 8.26. The highest BCUT2D eigenvalue weighted by atomic mass is 19.4. The second kappa shape index (κ2) is 14.1. The van der Waals surface area contributed by atoms with Crippen molar-refractivity contribution in [3.05, 3.63) is 89.2 Å². The van der Waals surface area contributed by atoms with E-state index in [1.807, 2.05) is 0 Å². The van der Waals surface area contributed by atoms with Gasteiger partial charge in [-0.1, -0.05) is 12.1 Å². The largest absolute Gasteiger partial charge is 0.573 e. The molecule has 0 saturated carbocycles. The fourth-order valence-corrected chi connectivity index (χ4v) is 5.71. The highest BCUT2D eigenvalue weighted by Crippen LogP contribution is 2.25. The molecule has 0 radical (unpaired) electrons. The average molecular weight is 625 g/mol. The van der Waals surface area contributed by atoms with E-state index in [0.29, 0.717) is 49.4 Å². The summed E-state index contributed by atoms with van der Waals surface area (Å²) in [6.07, 6.45) is -0.726. The van der Waals surface area contributed by atoms with Gasteiger partial charge in [-0.05, 0) is 79.8 Å². The third kappa shape index (κ3) is 8.59. The molecule has 2 aliphatic heterocycles. The van der Waals surface area contributed by atoms with Gasteiger partial charge in [0, 0.05) is 56.4 Å². The molecule has 9 nitrogen and oxygen atoms in total. The lowest BCUT2D eigenvalue weighted by Crippen LogP contribution is -2.44. The van der Waals surface area contributed by atoms with Crippen LogP contribution in [0.15, 0.2) is 66.9 Å². The Morgan fingerprint density at radius 1 is 0.844 bits per heavy atom. The topological polar surface area (TPSA) is 101 Å². The number of carbonyl (C=O) groups excluding carboxylic acids is 3. The van der Waals surface area contributed by atoms with Crippen molar-refractivity contribution in [3.63, 3.8) is 0 Å². The number of halogens is 3. The number of ketones is 1. The summed E-state index contributed by atoms with van der Waals surface area (Å²) < 4.78 is 46.2. The Morgan fingerprint density at radius 3 is 2.04 bits per heavy atom. The van der Waals surface area contributed by atoms with Crippen LogP contribution in [0.5, 0.6) is 11.5 Å². The lowest BCUT2D eigenvalue weighted by Gasteiger charge is -2.32. The van der Waals surface area contributed by atoms with Gasteiger partial charge < -0.3 is 19.7 Å². The number of pyridine rings is 1. The first-order chi connectivity index (χ1) is 21.6. The van der Waals surface area contributed by atoms with Gasteiger partial charge in [-0.3, -0.25) is 24.3 Å². The van der Waals surface area contributed by atoms with Crippen LogP contribution in [0.3, 0.4) is 0 Å². The molecule has 1 N–H and O–H groups in total. The molecule has 2 aromatic carbocycles. The van der Waals surface area contributed by atoms with Crippen LogP contribution in [-0.4, -0.2) is 78.1 Å². The van der Waals surface area contributed by atoms with Crippen molar-refractivity contribution in [2.24, 2.45) is 5.92 Å². The third-order valence-corrected chi connectivity index (χ3v) is 8.26. The number of nitrogens with one attached hydrogen (secondary N) is 1. The molecular formula is C33H35F3N4O5. The Balaban J connectivity index is 1.05. The monoisotopic (exact) mass is 624 g/mol. The Bertz CT molecular complexity index is 1460. The van der Waals surface area contributed by atoms with Gasteiger partial charge in [0.25, 0.3) is 11.8 Å². The molecule has 0 aliphatic carbocycles. The van der Waals surface area contributed by atoms with Crippen molar-refractivity contribution < 1.29 is 37.0 Å². The molecule has 2 amide bonds. The quantitative estimate of drug-likeness (QED) is 0.330. The Morgan fingerprint density at radius 2 is 1.47 bits per heavy atom. The Hall–Kier alpha value is -4.45. The molecule has 0 atom stereocenters. The van der Waals surface area contributed by atoms with Crippen LogP contribution in [0.1, 0.15) is 62.5 Å². The van der Waals surface area contributed by atoms with Crippen LogP contribution >= 0.6 is 0 Å². The number of methoxy groups -OCH3 is 1. The van der Waals surface area contributed by atoms with Gasteiger partial charge in [-0.2, -0.15) is 0 Å². The summed E-state index contributed by atoms with van der Waals surface area (Å²) in [5, 5.41) is 3.03. The SMILES string of the molecule is COc1ccc(C(=O)C2CCN(C(=O)c3ccc(C(=O)NC4CCN(Cc5ccc(OC(F)(F)F)cc5)CC4)cn3)CC2)cc1. The zero-order chi connectivity index (χ0) is 32.0. The lowest BCUT2D eigenvalue weighted by atomic mass is 9.88. The predicted octanol–water partition coefficient (Wildman–Crippen LogP) is 5.12. The maximum absolute atomic E-state index is 13.1. The number of alkyl halides is 3. The van der Waals surface area contributed by atoms with E-state index in [1.54, 1.807) is 60.5 Å². The Kier molecular flexibility index (Phi) is 10.0. The van der Waals surface area contributed by atoms with E-state index >= 15 is 0 Å². The number of hydrogen-bond donors (Lipinski definition) is 1. The fourth-order valence-electron chi connectivity index (χ4n) is 5.71. The fraction of sp³-hybridized carbons (Fsp3) is 0.394. The van der Waals surface area contributed by atoms with Gasteiger partial charge in [0.2, 0.25) is 0 Å². The normalized spacial score (nSPS) is 16.7. The molecule has 12 heteroatoms. The van der Waals surface area contributed by atoms with Gasteiger partial charge in [-0.15, -0.1) is 13.2 Å². The number of Topliss-reactive ketones (excluding diaryl/α,β-unsaturated/α-hetero) is 1. The van der Waals surface area contributed by atoms with Gasteiger partial charge in [0.15, 0.2) is 5.78 Å². The summed E-state index contributed by atoms with van der Waals surface area (Å²) in [4.78, 5) is 46.9. The van der Waals surface area contributed by atoms with Crippen LogP contribution in [0, 0.1) is 5.92 Å². The van der Waals surface area contributed by atoms with Crippen molar-refractivity contribution in [2.75, 3.05) is 33.3 Å². The number of hydrogen-bond acceptors (Lipinski definition) is 7. The first kappa shape index (κ1) is 32.0. The number of aromatic nitrogens is 1. The van der Waals surface area contributed by atoms with Crippen molar-refractivity contribution in [3.8, 4) is 11.5 Å². The summed E-state index contributed by atoms with van der Waals surface area (Å²) in [6.45, 7) is 2.93. The van der Waals surface area contributed by atoms with E-state index in [2.05, 4.69) is 19.9 Å². The number of likely N-dealkylation sites (tertiary alicyclic amines) is 2. The molecule has 45 heavy (non-hydrogen) atoms. The van der Waals surface area contributed by atoms with Crippen molar-refractivity contribution in [1.29, 1.82) is 0 Å². The molecule has 2 saturated heterocycles. The summed E-state index contributed by atoms with van der Waals surface area (Å²) in [6, 6.07) is 16.0. The summed E-state index contributed by atoms with van der Waals surface area (Å²) in [7, 11) is 1.58. The van der Waals surface area contributed by atoms with Crippen LogP contribution in [0.2, 0.25) is 0 Å². The van der Waals surface area contributed by atoms with Gasteiger partial charge >= 0.3 is 6.36 Å². The smallest absolute Gasteiger partial charge is 0.497 e. The average Bonchev–Trinajstić information content (AvgIpc) is 3.05. The predicted molar refractivity (Wildman–Crippen MR) is 159 cm³/mol. The van der Waals surface area contributed by atoms with E-state index in [1.165, 1.54) is 18.3 Å². The number of amides is 2. The van der Waals surface area contributed by atoms with Crippen molar-refractivity contribution in [1.82, 2.24) is 20.1 Å². The molecule has 3 aromatic rings. The number of piperidine rings is 2. The van der Waals surface area contributed by atoms with E-state index in [4.69, 9.17) is 4.74 Å². The van der Waals surface area contributed by atoms with Crippen LogP contribution in [-0.2, 0) is 6.54 Å². The minimum absolute atomic E-state index is 0.0282. The first-order valence-electron chi connectivity index (χ1n) is 14.9. The van der Waals surface area contributed by atoms with Gasteiger partial charge in [0.05, 0.1) is 12.7 Å². The number of ether oxygens (including phenoxy) is 2. The molecule has 1 aromatic heterocycles. The van der Waals surface area contributed by atoms with Crippen molar-refractivity contribution >= 4 is 17.6 Å². The minimum atomic E-state index is -4.72.